The van der Waals surface area contributed by atoms with Crippen molar-refractivity contribution in [1.82, 2.24) is 0 Å². The Bertz CT molecular complexity index is 165. The van der Waals surface area contributed by atoms with Gasteiger partial charge in [-0.05, 0) is 0 Å². The van der Waals surface area contributed by atoms with E-state index in [-0.39, 0.29) is 5.97 Å². The van der Waals surface area contributed by atoms with E-state index in [2.05, 4.69) is 13.8 Å². The third-order valence-electron chi connectivity index (χ3n) is 1.90. The second-order valence-corrected chi connectivity index (χ2v) is 10.4. The number of hydrogen-bond acceptors (Lipinski definition) is 3. The fourth-order valence-corrected chi connectivity index (χ4v) is 7.34. The van der Waals surface area contributed by atoms with Gasteiger partial charge in [-0.15, -0.1) is 0 Å². The first-order valence-electron chi connectivity index (χ1n) is 5.57. The number of aliphatic hydroxyl groups is 1. The van der Waals surface area contributed by atoms with Gasteiger partial charge >= 0.3 is 114 Å². The molecule has 0 aromatic heterocycles. The predicted octanol–water partition coefficient (Wildman–Crippen LogP) is 1.61. The van der Waals surface area contributed by atoms with Crippen molar-refractivity contribution in [1.29, 1.82) is 0 Å². The maximum absolute atomic E-state index is 11.3. The summed E-state index contributed by atoms with van der Waals surface area (Å²) in [6.07, 6.45) is 4.61. The second kappa shape index (κ2) is 11.5. The van der Waals surface area contributed by atoms with E-state index in [0.29, 0.717) is 0 Å². The zero-order valence-corrected chi connectivity index (χ0v) is 15.3. The Morgan fingerprint density at radius 3 is 2.47 bits per heavy atom. The molecule has 0 aliphatic rings. The van der Waals surface area contributed by atoms with Gasteiger partial charge in [0.1, 0.15) is 0 Å². The van der Waals surface area contributed by atoms with Gasteiger partial charge in [0, 0.05) is 0 Å². The van der Waals surface area contributed by atoms with E-state index < -0.39 is 46.8 Å². The molecule has 0 aromatic carbocycles. The predicted molar refractivity (Wildman–Crippen MR) is 63.0 cm³/mol. The van der Waals surface area contributed by atoms with Crippen LogP contribution in [-0.2, 0) is 7.87 Å². The Balaban J connectivity index is 3.42. The van der Waals surface area contributed by atoms with Crippen molar-refractivity contribution in [2.75, 3.05) is 0 Å². The first kappa shape index (κ1) is 16.0. The summed E-state index contributed by atoms with van der Waals surface area (Å²) in [6, 6.07) is 0. The Morgan fingerprint density at radius 1 is 1.27 bits per heavy atom. The number of rotatable bonds is 9. The molecule has 86 valence electrons. The van der Waals surface area contributed by atoms with Crippen molar-refractivity contribution in [3.8, 4) is 0 Å². The molecule has 3 nitrogen and oxygen atoms in total. The summed E-state index contributed by atoms with van der Waals surface area (Å²) in [5, 5.41) is 9.53. The SMILES string of the molecule is CCC[CH2][Sn][O]C(=O)[CH](O)[Sn][CH2]CCC. The summed E-state index contributed by atoms with van der Waals surface area (Å²) in [5.74, 6) is -0.305. The van der Waals surface area contributed by atoms with Crippen molar-refractivity contribution in [3.63, 3.8) is 0 Å². The van der Waals surface area contributed by atoms with E-state index in [0.717, 1.165) is 34.6 Å². The quantitative estimate of drug-likeness (QED) is 0.451. The van der Waals surface area contributed by atoms with E-state index in [1.54, 1.807) is 0 Å². The van der Waals surface area contributed by atoms with Crippen molar-refractivity contribution >= 4 is 48.7 Å². The van der Waals surface area contributed by atoms with Gasteiger partial charge in [0.15, 0.2) is 0 Å². The molecule has 0 rings (SSSR count). The van der Waals surface area contributed by atoms with Crippen molar-refractivity contribution in [3.05, 3.63) is 0 Å². The van der Waals surface area contributed by atoms with Crippen molar-refractivity contribution < 1.29 is 13.0 Å². The van der Waals surface area contributed by atoms with E-state index >= 15 is 0 Å². The molecular formula is C10H20O3Sn2. The van der Waals surface area contributed by atoms with Crippen LogP contribution in [0.4, 0.5) is 0 Å². The fraction of sp³-hybridized carbons (Fsp3) is 0.900. The number of carbonyl (C=O) groups is 1. The molecule has 0 aliphatic carbocycles. The van der Waals surface area contributed by atoms with Gasteiger partial charge in [-0.2, -0.15) is 0 Å². The molecule has 0 saturated heterocycles. The Hall–Kier alpha value is 1.03. The van der Waals surface area contributed by atoms with Gasteiger partial charge in [0.05, 0.1) is 0 Å². The van der Waals surface area contributed by atoms with Gasteiger partial charge in [-0.1, -0.05) is 0 Å². The molecule has 0 amide bonds. The van der Waals surface area contributed by atoms with Crippen LogP contribution in [0.25, 0.3) is 0 Å². The summed E-state index contributed by atoms with van der Waals surface area (Å²) in [4.78, 5) is 11.3. The van der Waals surface area contributed by atoms with Crippen molar-refractivity contribution in [2.24, 2.45) is 0 Å². The summed E-state index contributed by atoms with van der Waals surface area (Å²) in [6.45, 7) is 4.26. The van der Waals surface area contributed by atoms with Crippen LogP contribution in [0.3, 0.4) is 0 Å². The first-order chi connectivity index (χ1) is 7.22. The molecule has 5 heteroatoms. The molecule has 0 bridgehead atoms. The number of unbranched alkanes of at least 4 members (excludes halogenated alkanes) is 2. The third kappa shape index (κ3) is 9.93. The summed E-state index contributed by atoms with van der Waals surface area (Å²) < 4.78 is 6.62. The molecule has 1 atom stereocenters. The third-order valence-corrected chi connectivity index (χ3v) is 8.08. The van der Waals surface area contributed by atoms with Gasteiger partial charge in [0.25, 0.3) is 0 Å². The van der Waals surface area contributed by atoms with Crippen LogP contribution in [0.5, 0.6) is 0 Å². The molecule has 15 heavy (non-hydrogen) atoms. The number of aliphatic hydroxyl groups excluding tert-OH is 1. The van der Waals surface area contributed by atoms with Crippen LogP contribution in [0.15, 0.2) is 0 Å². The molecule has 0 heterocycles. The second-order valence-electron chi connectivity index (χ2n) is 3.38. The molecule has 0 aliphatic heterocycles. The molecule has 0 aromatic rings. The summed E-state index contributed by atoms with van der Waals surface area (Å²) in [7, 11) is 0. The van der Waals surface area contributed by atoms with Gasteiger partial charge < -0.3 is 0 Å². The van der Waals surface area contributed by atoms with Crippen LogP contribution in [0.2, 0.25) is 8.87 Å². The van der Waals surface area contributed by atoms with Gasteiger partial charge in [-0.25, -0.2) is 0 Å². The zero-order chi connectivity index (χ0) is 11.5. The zero-order valence-electron chi connectivity index (χ0n) is 9.58. The monoisotopic (exact) mass is 428 g/mol. The Kier molecular flexibility index (Phi) is 12.3. The Morgan fingerprint density at radius 2 is 1.87 bits per heavy atom. The first-order valence-corrected chi connectivity index (χ1v) is 12.4. The molecule has 4 radical (unpaired) electrons. The van der Waals surface area contributed by atoms with Crippen LogP contribution < -0.4 is 0 Å². The average molecular weight is 426 g/mol. The van der Waals surface area contributed by atoms with E-state index in [4.69, 9.17) is 3.07 Å². The van der Waals surface area contributed by atoms with E-state index in [1.165, 1.54) is 0 Å². The van der Waals surface area contributed by atoms with E-state index in [9.17, 15) is 9.90 Å². The van der Waals surface area contributed by atoms with E-state index in [1.807, 2.05) is 0 Å². The van der Waals surface area contributed by atoms with Crippen LogP contribution >= 0.6 is 0 Å². The molecule has 0 spiro atoms. The fourth-order valence-electron chi connectivity index (χ4n) is 0.926. The maximum atomic E-state index is 11.3. The molecule has 1 N–H and O–H groups in total. The van der Waals surface area contributed by atoms with Crippen LogP contribution in [0, 0.1) is 0 Å². The van der Waals surface area contributed by atoms with Crippen LogP contribution in [-0.4, -0.2) is 57.9 Å². The summed E-state index contributed by atoms with van der Waals surface area (Å²) >= 11 is -1.89. The minimum atomic E-state index is -0.963. The average Bonchev–Trinajstić information content (AvgIpc) is 2.24. The van der Waals surface area contributed by atoms with Gasteiger partial charge in [0.2, 0.25) is 0 Å². The molecular weight excluding hydrogens is 406 g/mol. The number of hydrogen-bond donors (Lipinski definition) is 1. The number of carbonyl (C=O) groups excluding carboxylic acids is 1. The Labute approximate surface area is 113 Å². The van der Waals surface area contributed by atoms with Gasteiger partial charge in [-0.3, -0.25) is 0 Å². The topological polar surface area (TPSA) is 46.5 Å². The molecule has 0 saturated carbocycles. The molecule has 0 fully saturated rings. The standard InChI is InChI=1S/2C4H9.C2H3O3.2Sn/c2*1-3-4-2;3-1-2(4)5;;/h2*1,3-4H2,2H3;1,3H,(H,4,5);;/q;;;;+1/p-1. The van der Waals surface area contributed by atoms with Crippen molar-refractivity contribution in [2.45, 2.75) is 52.5 Å². The summed E-state index contributed by atoms with van der Waals surface area (Å²) in [5.41, 5.74) is 0. The normalized spacial score (nSPS) is 12.5. The van der Waals surface area contributed by atoms with Crippen LogP contribution in [0.1, 0.15) is 39.5 Å². The molecule has 1 unspecified atom stereocenters. The minimum absolute atomic E-state index is 0.305.